The Kier molecular flexibility index (Phi) is 1.85. The van der Waals surface area contributed by atoms with E-state index in [2.05, 4.69) is 31.2 Å². The summed E-state index contributed by atoms with van der Waals surface area (Å²) >= 11 is 0. The van der Waals surface area contributed by atoms with Crippen molar-refractivity contribution in [3.8, 4) is 0 Å². The Morgan fingerprint density at radius 3 is 2.44 bits per heavy atom. The molecule has 2 fully saturated rings. The zero-order chi connectivity index (χ0) is 11.4. The average molecular weight is 216 g/mol. The number of fused-ring (bicyclic) bond motifs is 2. The standard InChI is InChI=1S/C14H16O2/c1-13-9-12(15)14(2,16-13)8-11(13)10-6-4-3-5-7-10/h3-7,11H,8-9H2,1-2H3/t11-,13-,14-/m1/s1. The Morgan fingerprint density at radius 1 is 1.25 bits per heavy atom. The molecule has 3 atom stereocenters. The molecule has 2 saturated heterocycles. The summed E-state index contributed by atoms with van der Waals surface area (Å²) in [6, 6.07) is 10.4. The number of carbonyl (C=O) groups excluding carboxylic acids is 1. The molecule has 2 bridgehead atoms. The Bertz CT molecular complexity index is 439. The lowest BCUT2D eigenvalue weighted by Gasteiger charge is -2.28. The molecule has 0 aliphatic carbocycles. The van der Waals surface area contributed by atoms with Crippen molar-refractivity contribution in [2.24, 2.45) is 0 Å². The molecule has 0 aromatic heterocycles. The number of carbonyl (C=O) groups is 1. The third-order valence-corrected chi connectivity index (χ3v) is 4.09. The maximum Gasteiger partial charge on any atom is 0.167 e. The highest BCUT2D eigenvalue weighted by Gasteiger charge is 2.61. The molecule has 0 amide bonds. The number of ether oxygens (including phenoxy) is 1. The van der Waals surface area contributed by atoms with Gasteiger partial charge >= 0.3 is 0 Å². The van der Waals surface area contributed by atoms with Crippen molar-refractivity contribution in [1.29, 1.82) is 0 Å². The van der Waals surface area contributed by atoms with Crippen LogP contribution in [-0.4, -0.2) is 17.0 Å². The number of Topliss-reactive ketones (excluding diaryl/α,β-unsaturated/α-hetero) is 1. The van der Waals surface area contributed by atoms with Crippen molar-refractivity contribution in [3.63, 3.8) is 0 Å². The number of rotatable bonds is 1. The van der Waals surface area contributed by atoms with Crippen molar-refractivity contribution in [3.05, 3.63) is 35.9 Å². The summed E-state index contributed by atoms with van der Waals surface area (Å²) in [5.74, 6) is 0.624. The number of benzene rings is 1. The van der Waals surface area contributed by atoms with Gasteiger partial charge < -0.3 is 4.74 Å². The van der Waals surface area contributed by atoms with Crippen LogP contribution < -0.4 is 0 Å². The average Bonchev–Trinajstić information content (AvgIpc) is 2.64. The summed E-state index contributed by atoms with van der Waals surface area (Å²) in [4.78, 5) is 11.8. The van der Waals surface area contributed by atoms with E-state index >= 15 is 0 Å². The predicted molar refractivity (Wildman–Crippen MR) is 61.3 cm³/mol. The Labute approximate surface area is 95.6 Å². The third kappa shape index (κ3) is 1.20. The molecule has 16 heavy (non-hydrogen) atoms. The molecule has 0 saturated carbocycles. The summed E-state index contributed by atoms with van der Waals surface area (Å²) in [6.45, 7) is 4.00. The molecule has 2 nitrogen and oxygen atoms in total. The second-order valence-corrected chi connectivity index (χ2v) is 5.41. The van der Waals surface area contributed by atoms with Gasteiger partial charge in [-0.3, -0.25) is 4.79 Å². The fourth-order valence-electron chi connectivity index (χ4n) is 3.22. The minimum Gasteiger partial charge on any atom is -0.360 e. The summed E-state index contributed by atoms with van der Waals surface area (Å²) in [6.07, 6.45) is 1.38. The third-order valence-electron chi connectivity index (χ3n) is 4.09. The number of ketones is 1. The first kappa shape index (κ1) is 10.0. The van der Waals surface area contributed by atoms with E-state index in [0.717, 1.165) is 6.42 Å². The molecule has 0 N–H and O–H groups in total. The summed E-state index contributed by atoms with van der Waals surface area (Å²) in [7, 11) is 0. The van der Waals surface area contributed by atoms with E-state index in [-0.39, 0.29) is 11.4 Å². The van der Waals surface area contributed by atoms with E-state index in [9.17, 15) is 4.79 Å². The molecule has 1 aromatic rings. The van der Waals surface area contributed by atoms with Gasteiger partial charge in [-0.1, -0.05) is 30.3 Å². The molecule has 0 spiro atoms. The van der Waals surface area contributed by atoms with Crippen LogP contribution in [0.2, 0.25) is 0 Å². The molecule has 3 rings (SSSR count). The molecular weight excluding hydrogens is 200 g/mol. The molecule has 0 radical (unpaired) electrons. The van der Waals surface area contributed by atoms with Gasteiger partial charge in [0, 0.05) is 12.3 Å². The molecule has 0 unspecified atom stereocenters. The normalized spacial score (nSPS) is 41.6. The Morgan fingerprint density at radius 2 is 1.94 bits per heavy atom. The molecule has 2 aliphatic heterocycles. The van der Waals surface area contributed by atoms with E-state index < -0.39 is 5.60 Å². The van der Waals surface area contributed by atoms with Crippen LogP contribution in [0.5, 0.6) is 0 Å². The number of hydrogen-bond acceptors (Lipinski definition) is 2. The van der Waals surface area contributed by atoms with Crippen molar-refractivity contribution < 1.29 is 9.53 Å². The summed E-state index contributed by atoms with van der Waals surface area (Å²) < 4.78 is 5.98. The smallest absolute Gasteiger partial charge is 0.167 e. The highest BCUT2D eigenvalue weighted by molar-refractivity contribution is 5.91. The van der Waals surface area contributed by atoms with E-state index in [4.69, 9.17) is 4.74 Å². The van der Waals surface area contributed by atoms with Crippen molar-refractivity contribution in [1.82, 2.24) is 0 Å². The lowest BCUT2D eigenvalue weighted by atomic mass is 9.72. The monoisotopic (exact) mass is 216 g/mol. The first-order chi connectivity index (χ1) is 7.54. The highest BCUT2D eigenvalue weighted by Crippen LogP contribution is 2.55. The van der Waals surface area contributed by atoms with Crippen LogP contribution in [0.1, 0.15) is 38.2 Å². The number of hydrogen-bond donors (Lipinski definition) is 0. The van der Waals surface area contributed by atoms with Crippen LogP contribution >= 0.6 is 0 Å². The SMILES string of the molecule is C[C@@]12C[C@H](c3ccccc3)[C@@](C)(CC1=O)O2. The minimum absolute atomic E-state index is 0.266. The van der Waals surface area contributed by atoms with Gasteiger partial charge in [0.2, 0.25) is 0 Å². The first-order valence-electron chi connectivity index (χ1n) is 5.82. The second kappa shape index (κ2) is 2.95. The van der Waals surface area contributed by atoms with Gasteiger partial charge in [-0.25, -0.2) is 0 Å². The second-order valence-electron chi connectivity index (χ2n) is 5.41. The Balaban J connectivity index is 2.00. The zero-order valence-corrected chi connectivity index (χ0v) is 9.69. The topological polar surface area (TPSA) is 26.3 Å². The van der Waals surface area contributed by atoms with Crippen LogP contribution in [0.25, 0.3) is 0 Å². The van der Waals surface area contributed by atoms with E-state index in [1.807, 2.05) is 13.0 Å². The van der Waals surface area contributed by atoms with Gasteiger partial charge in [-0.2, -0.15) is 0 Å². The van der Waals surface area contributed by atoms with Crippen LogP contribution in [0, 0.1) is 0 Å². The van der Waals surface area contributed by atoms with Gasteiger partial charge in [-0.05, 0) is 25.8 Å². The molecule has 2 aliphatic rings. The van der Waals surface area contributed by atoms with Gasteiger partial charge in [0.25, 0.3) is 0 Å². The van der Waals surface area contributed by atoms with Crippen LogP contribution in [0.4, 0.5) is 0 Å². The molecule has 2 heterocycles. The molecule has 1 aromatic carbocycles. The lowest BCUT2D eigenvalue weighted by Crippen LogP contribution is -2.34. The maximum absolute atomic E-state index is 11.8. The predicted octanol–water partition coefficient (Wildman–Crippen LogP) is 2.68. The molecule has 84 valence electrons. The van der Waals surface area contributed by atoms with Crippen molar-refractivity contribution >= 4 is 5.78 Å². The zero-order valence-electron chi connectivity index (χ0n) is 9.69. The van der Waals surface area contributed by atoms with Gasteiger partial charge in [-0.15, -0.1) is 0 Å². The quantitative estimate of drug-likeness (QED) is 0.721. The van der Waals surface area contributed by atoms with E-state index in [0.29, 0.717) is 12.3 Å². The van der Waals surface area contributed by atoms with E-state index in [1.165, 1.54) is 5.56 Å². The summed E-state index contributed by atoms with van der Waals surface area (Å²) in [5.41, 5.74) is 0.476. The van der Waals surface area contributed by atoms with Gasteiger partial charge in [0.15, 0.2) is 5.78 Å². The first-order valence-corrected chi connectivity index (χ1v) is 5.82. The van der Waals surface area contributed by atoms with E-state index in [1.54, 1.807) is 0 Å². The fraction of sp³-hybridized carbons (Fsp3) is 0.500. The summed E-state index contributed by atoms with van der Waals surface area (Å²) in [5, 5.41) is 0. The van der Waals surface area contributed by atoms with Crippen molar-refractivity contribution in [2.75, 3.05) is 0 Å². The largest absolute Gasteiger partial charge is 0.360 e. The van der Waals surface area contributed by atoms with Crippen LogP contribution in [-0.2, 0) is 9.53 Å². The molecule has 2 heteroatoms. The van der Waals surface area contributed by atoms with Gasteiger partial charge in [0.1, 0.15) is 5.60 Å². The van der Waals surface area contributed by atoms with Crippen molar-refractivity contribution in [2.45, 2.75) is 43.8 Å². The fourth-order valence-corrected chi connectivity index (χ4v) is 3.22. The van der Waals surface area contributed by atoms with Gasteiger partial charge in [0.05, 0.1) is 5.60 Å². The highest BCUT2D eigenvalue weighted by atomic mass is 16.5. The maximum atomic E-state index is 11.8. The molecular formula is C14H16O2. The van der Waals surface area contributed by atoms with Crippen LogP contribution in [0.15, 0.2) is 30.3 Å². The lowest BCUT2D eigenvalue weighted by molar-refractivity contribution is -0.129. The van der Waals surface area contributed by atoms with Crippen LogP contribution in [0.3, 0.4) is 0 Å². The minimum atomic E-state index is -0.532. The Hall–Kier alpha value is -1.15.